The number of ether oxygens (including phenoxy) is 2. The van der Waals surface area contributed by atoms with E-state index in [4.69, 9.17) is 14.9 Å². The van der Waals surface area contributed by atoms with Crippen LogP contribution in [0.4, 0.5) is 0 Å². The summed E-state index contributed by atoms with van der Waals surface area (Å²) in [5, 5.41) is 8.25. The van der Waals surface area contributed by atoms with Crippen molar-refractivity contribution < 1.29 is 9.47 Å². The van der Waals surface area contributed by atoms with Crippen LogP contribution in [-0.2, 0) is 9.47 Å². The Morgan fingerprint density at radius 3 is 1.83 bits per heavy atom. The summed E-state index contributed by atoms with van der Waals surface area (Å²) >= 11 is 0. The molecule has 0 fully saturated rings. The first-order valence-corrected chi connectivity index (χ1v) is 6.69. The summed E-state index contributed by atoms with van der Waals surface area (Å²) < 4.78 is 11.4. The van der Waals surface area contributed by atoms with E-state index in [1.54, 1.807) is 7.11 Å². The van der Waals surface area contributed by atoms with E-state index in [9.17, 15) is 0 Å². The number of nitrogens with one attached hydrogen (secondary N) is 1. The van der Waals surface area contributed by atoms with Crippen LogP contribution in [0.1, 0.15) is 61.8 Å². The van der Waals surface area contributed by atoms with Crippen molar-refractivity contribution >= 4 is 5.90 Å². The van der Waals surface area contributed by atoms with Crippen LogP contribution < -0.4 is 0 Å². The zero-order valence-corrected chi connectivity index (χ0v) is 13.6. The van der Waals surface area contributed by atoms with E-state index >= 15 is 0 Å². The lowest BCUT2D eigenvalue weighted by Gasteiger charge is -2.42. The van der Waals surface area contributed by atoms with Gasteiger partial charge in [0.05, 0.1) is 11.0 Å². The molecular formula is C15H31NO2. The van der Waals surface area contributed by atoms with Gasteiger partial charge in [0.1, 0.15) is 5.60 Å². The van der Waals surface area contributed by atoms with Crippen molar-refractivity contribution in [3.8, 4) is 0 Å². The third-order valence-electron chi connectivity index (χ3n) is 3.86. The van der Waals surface area contributed by atoms with Crippen molar-refractivity contribution in [1.29, 1.82) is 5.41 Å². The molecule has 0 heterocycles. The van der Waals surface area contributed by atoms with Gasteiger partial charge < -0.3 is 9.47 Å². The van der Waals surface area contributed by atoms with Gasteiger partial charge in [-0.2, -0.15) is 0 Å². The van der Waals surface area contributed by atoms with E-state index in [0.29, 0.717) is 11.8 Å². The van der Waals surface area contributed by atoms with Gasteiger partial charge in [-0.15, -0.1) is 0 Å². The Morgan fingerprint density at radius 1 is 1.06 bits per heavy atom. The third-order valence-corrected chi connectivity index (χ3v) is 3.86. The smallest absolute Gasteiger partial charge is 0.189 e. The zero-order valence-electron chi connectivity index (χ0n) is 13.6. The van der Waals surface area contributed by atoms with E-state index in [2.05, 4.69) is 13.8 Å². The first kappa shape index (κ1) is 17.4. The maximum absolute atomic E-state index is 8.25. The van der Waals surface area contributed by atoms with Gasteiger partial charge in [-0.25, -0.2) is 0 Å². The fourth-order valence-electron chi connectivity index (χ4n) is 1.96. The van der Waals surface area contributed by atoms with Crippen LogP contribution in [0, 0.1) is 16.7 Å². The Balaban J connectivity index is 4.87. The lowest BCUT2D eigenvalue weighted by Crippen LogP contribution is -2.49. The molecule has 108 valence electrons. The lowest BCUT2D eigenvalue weighted by molar-refractivity contribution is -0.0586. The minimum absolute atomic E-state index is 0.292. The predicted octanol–water partition coefficient (Wildman–Crippen LogP) is 4.26. The van der Waals surface area contributed by atoms with E-state index < -0.39 is 11.0 Å². The Hall–Kier alpha value is -0.570. The Labute approximate surface area is 113 Å². The molecule has 0 atom stereocenters. The molecule has 0 bridgehead atoms. The second-order valence-corrected chi connectivity index (χ2v) is 7.13. The molecule has 0 aliphatic carbocycles. The number of rotatable bonds is 6. The predicted molar refractivity (Wildman–Crippen MR) is 77.2 cm³/mol. The van der Waals surface area contributed by atoms with Gasteiger partial charge in [0, 0.05) is 7.11 Å². The molecule has 0 rings (SSSR count). The summed E-state index contributed by atoms with van der Waals surface area (Å²) in [7, 11) is 1.67. The minimum Gasteiger partial charge on any atom is -0.475 e. The molecule has 0 aromatic carbocycles. The Morgan fingerprint density at radius 2 is 1.50 bits per heavy atom. The Kier molecular flexibility index (Phi) is 5.42. The van der Waals surface area contributed by atoms with Gasteiger partial charge in [0.25, 0.3) is 0 Å². The average molecular weight is 257 g/mol. The van der Waals surface area contributed by atoms with Crippen molar-refractivity contribution in [3.05, 3.63) is 0 Å². The maximum Gasteiger partial charge on any atom is 0.189 e. The van der Waals surface area contributed by atoms with Crippen molar-refractivity contribution in [2.45, 2.75) is 73.0 Å². The van der Waals surface area contributed by atoms with Crippen LogP contribution >= 0.6 is 0 Å². The van der Waals surface area contributed by atoms with Crippen molar-refractivity contribution in [2.24, 2.45) is 11.3 Å². The molecule has 0 aliphatic heterocycles. The highest BCUT2D eigenvalue weighted by Gasteiger charge is 2.44. The maximum atomic E-state index is 8.25. The van der Waals surface area contributed by atoms with Crippen LogP contribution in [-0.4, -0.2) is 24.2 Å². The molecule has 0 saturated heterocycles. The van der Waals surface area contributed by atoms with Crippen LogP contribution in [0.2, 0.25) is 0 Å². The molecule has 3 nitrogen and oxygen atoms in total. The highest BCUT2D eigenvalue weighted by molar-refractivity contribution is 5.80. The molecule has 0 radical (unpaired) electrons. The summed E-state index contributed by atoms with van der Waals surface area (Å²) in [6, 6.07) is 0. The zero-order chi connectivity index (χ0) is 14.8. The molecule has 3 heteroatoms. The van der Waals surface area contributed by atoms with Crippen LogP contribution in [0.5, 0.6) is 0 Å². The molecule has 0 saturated carbocycles. The Bertz CT molecular complexity index is 291. The fourth-order valence-corrected chi connectivity index (χ4v) is 1.96. The first-order valence-electron chi connectivity index (χ1n) is 6.69. The molecular weight excluding hydrogens is 226 g/mol. The molecule has 1 N–H and O–H groups in total. The van der Waals surface area contributed by atoms with Crippen LogP contribution in [0.3, 0.4) is 0 Å². The van der Waals surface area contributed by atoms with Gasteiger partial charge in [-0.3, -0.25) is 5.41 Å². The van der Waals surface area contributed by atoms with Gasteiger partial charge >= 0.3 is 0 Å². The normalized spacial score (nSPS) is 13.9. The SMILES string of the molecule is COC(C)(C)C(C)(C)C(=N)OC(C)(C)CC(C)C. The van der Waals surface area contributed by atoms with Gasteiger partial charge in [0.15, 0.2) is 5.90 Å². The lowest BCUT2D eigenvalue weighted by atomic mass is 9.76. The average Bonchev–Trinajstić information content (AvgIpc) is 2.14. The third kappa shape index (κ3) is 4.27. The van der Waals surface area contributed by atoms with Crippen molar-refractivity contribution in [2.75, 3.05) is 7.11 Å². The summed E-state index contributed by atoms with van der Waals surface area (Å²) in [4.78, 5) is 0. The van der Waals surface area contributed by atoms with E-state index in [0.717, 1.165) is 6.42 Å². The molecule has 0 unspecified atom stereocenters. The number of hydrogen-bond acceptors (Lipinski definition) is 3. The van der Waals surface area contributed by atoms with Crippen LogP contribution in [0.15, 0.2) is 0 Å². The molecule has 0 aromatic rings. The fraction of sp³-hybridized carbons (Fsp3) is 0.933. The van der Waals surface area contributed by atoms with Gasteiger partial charge in [-0.1, -0.05) is 13.8 Å². The largest absolute Gasteiger partial charge is 0.475 e. The summed E-state index contributed by atoms with van der Waals surface area (Å²) in [5.41, 5.74) is -1.21. The van der Waals surface area contributed by atoms with E-state index in [-0.39, 0.29) is 5.60 Å². The van der Waals surface area contributed by atoms with E-state index in [1.807, 2.05) is 41.5 Å². The summed E-state index contributed by atoms with van der Waals surface area (Å²) in [6.45, 7) is 16.4. The molecule has 0 amide bonds. The second-order valence-electron chi connectivity index (χ2n) is 7.13. The number of methoxy groups -OCH3 is 1. The topological polar surface area (TPSA) is 42.3 Å². The van der Waals surface area contributed by atoms with Gasteiger partial charge in [0.2, 0.25) is 0 Å². The van der Waals surface area contributed by atoms with Crippen molar-refractivity contribution in [1.82, 2.24) is 0 Å². The van der Waals surface area contributed by atoms with E-state index in [1.165, 1.54) is 0 Å². The monoisotopic (exact) mass is 257 g/mol. The first-order chi connectivity index (χ1) is 7.85. The van der Waals surface area contributed by atoms with Crippen LogP contribution in [0.25, 0.3) is 0 Å². The molecule has 0 aliphatic rings. The highest BCUT2D eigenvalue weighted by Crippen LogP contribution is 2.36. The molecule has 0 spiro atoms. The number of hydrogen-bond donors (Lipinski definition) is 1. The minimum atomic E-state index is -0.462. The molecule has 18 heavy (non-hydrogen) atoms. The standard InChI is InChI=1S/C15H31NO2/c1-11(2)10-13(3,4)18-12(16)14(5,6)15(7,8)17-9/h11,16H,10H2,1-9H3. The summed E-state index contributed by atoms with van der Waals surface area (Å²) in [5.74, 6) is 0.839. The van der Waals surface area contributed by atoms with Crippen molar-refractivity contribution in [3.63, 3.8) is 0 Å². The summed E-state index contributed by atoms with van der Waals surface area (Å²) in [6.07, 6.45) is 0.929. The van der Waals surface area contributed by atoms with Gasteiger partial charge in [-0.05, 0) is 53.9 Å². The second kappa shape index (κ2) is 5.60. The highest BCUT2D eigenvalue weighted by atomic mass is 16.5. The quantitative estimate of drug-likeness (QED) is 0.571. The molecule has 0 aromatic heterocycles.